The average Bonchev–Trinajstić information content (AvgIpc) is 3.34. The van der Waals surface area contributed by atoms with E-state index in [0.29, 0.717) is 13.0 Å². The molecule has 1 saturated heterocycles. The molecule has 0 aliphatic carbocycles. The Hall–Kier alpha value is -3.20. The lowest BCUT2D eigenvalue weighted by Gasteiger charge is -2.35. The van der Waals surface area contributed by atoms with Gasteiger partial charge in [0.1, 0.15) is 24.9 Å². The van der Waals surface area contributed by atoms with Gasteiger partial charge in [-0.1, -0.05) is 67.2 Å². The van der Waals surface area contributed by atoms with E-state index in [1.54, 1.807) is 0 Å². The van der Waals surface area contributed by atoms with Crippen molar-refractivity contribution in [3.05, 3.63) is 83.9 Å². The Labute approximate surface area is 217 Å². The summed E-state index contributed by atoms with van der Waals surface area (Å²) in [6.45, 7) is 5.18. The minimum absolute atomic E-state index is 0. The van der Waals surface area contributed by atoms with Crippen molar-refractivity contribution in [3.63, 3.8) is 0 Å². The Morgan fingerprint density at radius 3 is 2.03 bits per heavy atom. The second kappa shape index (κ2) is 13.8. The fraction of sp³-hybridized carbons (Fsp3) is 0.370. The van der Waals surface area contributed by atoms with Crippen LogP contribution in [-0.2, 0) is 34.2 Å². The summed E-state index contributed by atoms with van der Waals surface area (Å²) in [6, 6.07) is 18.4. The monoisotopic (exact) mass is 517 g/mol. The van der Waals surface area contributed by atoms with E-state index in [1.807, 2.05) is 60.7 Å². The van der Waals surface area contributed by atoms with Crippen molar-refractivity contribution in [1.82, 2.24) is 5.32 Å². The molecule has 9 heteroatoms. The second-order valence-electron chi connectivity index (χ2n) is 8.44. The van der Waals surface area contributed by atoms with Crippen molar-refractivity contribution in [2.75, 3.05) is 19.8 Å². The number of rotatable bonds is 11. The molecule has 0 spiro atoms. The lowest BCUT2D eigenvalue weighted by atomic mass is 9.79. The molecule has 1 aliphatic rings. The summed E-state index contributed by atoms with van der Waals surface area (Å²) in [7, 11) is 0. The predicted octanol–water partition coefficient (Wildman–Crippen LogP) is 3.06. The number of esters is 3. The van der Waals surface area contributed by atoms with Crippen LogP contribution in [0.25, 0.3) is 0 Å². The molecule has 2 N–H and O–H groups in total. The highest BCUT2D eigenvalue weighted by Crippen LogP contribution is 2.37. The zero-order valence-corrected chi connectivity index (χ0v) is 21.0. The van der Waals surface area contributed by atoms with Gasteiger partial charge in [-0.15, -0.1) is 12.4 Å². The van der Waals surface area contributed by atoms with E-state index in [0.717, 1.165) is 11.1 Å². The van der Waals surface area contributed by atoms with Gasteiger partial charge in [0.15, 0.2) is 0 Å². The summed E-state index contributed by atoms with van der Waals surface area (Å²) < 4.78 is 15.3. The van der Waals surface area contributed by atoms with Gasteiger partial charge >= 0.3 is 17.9 Å². The van der Waals surface area contributed by atoms with E-state index in [9.17, 15) is 19.5 Å². The first-order valence-corrected chi connectivity index (χ1v) is 11.5. The number of ether oxygens (including phenoxy) is 3. The summed E-state index contributed by atoms with van der Waals surface area (Å²) in [5.74, 6) is -1.66. The van der Waals surface area contributed by atoms with E-state index in [2.05, 4.69) is 11.9 Å². The van der Waals surface area contributed by atoms with Crippen LogP contribution in [0.2, 0.25) is 0 Å². The molecule has 1 aliphatic heterocycles. The largest absolute Gasteiger partial charge is 0.462 e. The number of nitrogens with one attached hydrogen (secondary N) is 1. The molecule has 8 nitrogen and oxygen atoms in total. The maximum Gasteiger partial charge on any atom is 0.333 e. The Morgan fingerprint density at radius 2 is 1.47 bits per heavy atom. The molecule has 1 heterocycles. The highest BCUT2D eigenvalue weighted by molar-refractivity contribution is 5.87. The summed E-state index contributed by atoms with van der Waals surface area (Å²) in [4.78, 5) is 35.4. The maximum absolute atomic E-state index is 12.3. The van der Waals surface area contributed by atoms with Crippen LogP contribution in [-0.4, -0.2) is 54.9 Å². The molecule has 194 valence electrons. The van der Waals surface area contributed by atoms with Gasteiger partial charge < -0.3 is 24.6 Å². The van der Waals surface area contributed by atoms with Gasteiger partial charge in [-0.05, 0) is 18.1 Å². The first-order chi connectivity index (χ1) is 16.8. The topological polar surface area (TPSA) is 111 Å². The van der Waals surface area contributed by atoms with Gasteiger partial charge in [-0.25, -0.2) is 4.79 Å². The first-order valence-electron chi connectivity index (χ1n) is 11.5. The molecule has 0 saturated carbocycles. The average molecular weight is 518 g/mol. The quantitative estimate of drug-likeness (QED) is 0.202. The molecule has 0 aromatic heterocycles. The summed E-state index contributed by atoms with van der Waals surface area (Å²) >= 11 is 0. The zero-order valence-electron chi connectivity index (χ0n) is 20.2. The number of hydrogen-bond donors (Lipinski definition) is 2. The van der Waals surface area contributed by atoms with E-state index in [1.165, 1.54) is 6.92 Å². The molecular formula is C27H32ClNO7. The fourth-order valence-electron chi connectivity index (χ4n) is 4.00. The first kappa shape index (κ1) is 29.0. The van der Waals surface area contributed by atoms with Crippen molar-refractivity contribution < 1.29 is 33.7 Å². The SMILES string of the molecule is C=C(C)C(=O)OCCOC(=O)CCC(=O)O[C@H]1CN[C@H](C(O)(c2ccccc2)c2ccccc2)C1.Cl. The molecule has 0 unspecified atom stereocenters. The van der Waals surface area contributed by atoms with Crippen LogP contribution in [0, 0.1) is 0 Å². The number of carbonyl (C=O) groups is 3. The number of aliphatic hydroxyl groups is 1. The van der Waals surface area contributed by atoms with Crippen molar-refractivity contribution in [1.29, 1.82) is 0 Å². The van der Waals surface area contributed by atoms with E-state index in [-0.39, 0.29) is 50.1 Å². The Morgan fingerprint density at radius 1 is 0.944 bits per heavy atom. The van der Waals surface area contributed by atoms with Crippen molar-refractivity contribution in [2.45, 2.75) is 43.9 Å². The smallest absolute Gasteiger partial charge is 0.333 e. The third kappa shape index (κ3) is 7.65. The van der Waals surface area contributed by atoms with E-state index >= 15 is 0 Å². The zero-order chi connectivity index (χ0) is 25.3. The van der Waals surface area contributed by atoms with Crippen LogP contribution in [0.3, 0.4) is 0 Å². The molecule has 3 rings (SSSR count). The number of carbonyl (C=O) groups excluding carboxylic acids is 3. The molecule has 2 aromatic carbocycles. The van der Waals surface area contributed by atoms with Crippen molar-refractivity contribution in [2.24, 2.45) is 0 Å². The maximum atomic E-state index is 12.3. The summed E-state index contributed by atoms with van der Waals surface area (Å²) in [5.41, 5.74) is 0.439. The molecule has 2 atom stereocenters. The van der Waals surface area contributed by atoms with Gasteiger partial charge in [0.25, 0.3) is 0 Å². The van der Waals surface area contributed by atoms with Gasteiger partial charge in [-0.2, -0.15) is 0 Å². The van der Waals surface area contributed by atoms with Crippen molar-refractivity contribution >= 4 is 30.3 Å². The molecule has 2 aromatic rings. The van der Waals surface area contributed by atoms with Crippen LogP contribution in [0.1, 0.15) is 37.3 Å². The van der Waals surface area contributed by atoms with Crippen LogP contribution in [0.15, 0.2) is 72.8 Å². The number of halogens is 1. The van der Waals surface area contributed by atoms with Gasteiger partial charge in [0.2, 0.25) is 0 Å². The van der Waals surface area contributed by atoms with Crippen LogP contribution in [0.5, 0.6) is 0 Å². The standard InChI is InChI=1S/C27H31NO7.ClH/c1-19(2)26(31)34-16-15-33-24(29)13-14-25(30)35-22-17-23(28-18-22)27(32,20-9-5-3-6-10-20)21-11-7-4-8-12-21;/h3-12,22-23,28,32H,1,13-18H2,2H3;1H/t22-,23+;/m1./s1. The third-order valence-electron chi connectivity index (χ3n) is 5.78. The highest BCUT2D eigenvalue weighted by atomic mass is 35.5. The van der Waals surface area contributed by atoms with Crippen LogP contribution in [0.4, 0.5) is 0 Å². The second-order valence-corrected chi connectivity index (χ2v) is 8.44. The molecular weight excluding hydrogens is 486 g/mol. The lowest BCUT2D eigenvalue weighted by molar-refractivity contribution is -0.154. The molecule has 0 amide bonds. The lowest BCUT2D eigenvalue weighted by Crippen LogP contribution is -2.46. The Bertz CT molecular complexity index is 989. The fourth-order valence-corrected chi connectivity index (χ4v) is 4.00. The highest BCUT2D eigenvalue weighted by Gasteiger charge is 2.44. The minimum Gasteiger partial charge on any atom is -0.462 e. The summed E-state index contributed by atoms with van der Waals surface area (Å²) in [5, 5.41) is 15.1. The molecule has 0 radical (unpaired) electrons. The number of hydrogen-bond acceptors (Lipinski definition) is 8. The van der Waals surface area contributed by atoms with Crippen LogP contribution >= 0.6 is 12.4 Å². The van der Waals surface area contributed by atoms with E-state index < -0.39 is 29.6 Å². The Balaban J connectivity index is 0.00000456. The van der Waals surface area contributed by atoms with Gasteiger partial charge in [-0.3, -0.25) is 9.59 Å². The third-order valence-corrected chi connectivity index (χ3v) is 5.78. The van der Waals surface area contributed by atoms with Crippen molar-refractivity contribution in [3.8, 4) is 0 Å². The Kier molecular flexibility index (Phi) is 11.1. The molecule has 36 heavy (non-hydrogen) atoms. The molecule has 1 fully saturated rings. The van der Waals surface area contributed by atoms with Crippen LogP contribution < -0.4 is 5.32 Å². The normalized spacial score (nSPS) is 16.9. The summed E-state index contributed by atoms with van der Waals surface area (Å²) in [6.07, 6.45) is -0.309. The van der Waals surface area contributed by atoms with E-state index in [4.69, 9.17) is 14.2 Å². The minimum atomic E-state index is -1.30. The predicted molar refractivity (Wildman–Crippen MR) is 135 cm³/mol. The van der Waals surface area contributed by atoms with Gasteiger partial charge in [0.05, 0.1) is 12.8 Å². The molecule has 0 bridgehead atoms. The van der Waals surface area contributed by atoms with Gasteiger partial charge in [0, 0.05) is 24.6 Å². The number of benzene rings is 2.